The minimum absolute atomic E-state index is 0.137. The van der Waals surface area contributed by atoms with Crippen molar-refractivity contribution < 1.29 is 4.74 Å². The van der Waals surface area contributed by atoms with Gasteiger partial charge >= 0.3 is 0 Å². The summed E-state index contributed by atoms with van der Waals surface area (Å²) in [6, 6.07) is 9.31. The first-order valence-electron chi connectivity index (χ1n) is 8.40. The molecule has 4 unspecified atom stereocenters. The van der Waals surface area contributed by atoms with Crippen molar-refractivity contribution in [2.24, 2.45) is 5.73 Å². The zero-order chi connectivity index (χ0) is 14.8. The molecule has 116 valence electrons. The van der Waals surface area contributed by atoms with Crippen LogP contribution in [0.2, 0.25) is 0 Å². The predicted molar refractivity (Wildman–Crippen MR) is 86.4 cm³/mol. The van der Waals surface area contributed by atoms with Crippen LogP contribution in [0.4, 0.5) is 0 Å². The highest BCUT2D eigenvalue weighted by Gasteiger charge is 2.36. The Hall–Kier alpha value is -0.900. The molecule has 1 aromatic carbocycles. The van der Waals surface area contributed by atoms with Crippen molar-refractivity contribution in [3.8, 4) is 0 Å². The molecule has 1 saturated heterocycles. The largest absolute Gasteiger partial charge is 0.377 e. The topological polar surface area (TPSA) is 38.5 Å². The quantitative estimate of drug-likeness (QED) is 0.929. The summed E-state index contributed by atoms with van der Waals surface area (Å²) < 4.78 is 5.85. The van der Waals surface area contributed by atoms with E-state index in [9.17, 15) is 0 Å². The SMILES string of the molecule is CCOC1CCCN(C2CC(C)c3ccccc3C2N)C1. The molecule has 3 rings (SSSR count). The van der Waals surface area contributed by atoms with E-state index in [1.54, 1.807) is 0 Å². The molecule has 1 aliphatic carbocycles. The highest BCUT2D eigenvalue weighted by atomic mass is 16.5. The van der Waals surface area contributed by atoms with E-state index >= 15 is 0 Å². The first-order valence-corrected chi connectivity index (χ1v) is 8.40. The molecule has 1 aromatic rings. The monoisotopic (exact) mass is 288 g/mol. The Morgan fingerprint density at radius 3 is 2.81 bits per heavy atom. The molecule has 21 heavy (non-hydrogen) atoms. The second-order valence-electron chi connectivity index (χ2n) is 6.57. The average Bonchev–Trinajstić information content (AvgIpc) is 2.51. The molecule has 3 nitrogen and oxygen atoms in total. The summed E-state index contributed by atoms with van der Waals surface area (Å²) in [6.45, 7) is 7.44. The van der Waals surface area contributed by atoms with Gasteiger partial charge in [0, 0.05) is 25.2 Å². The smallest absolute Gasteiger partial charge is 0.0702 e. The van der Waals surface area contributed by atoms with E-state index < -0.39 is 0 Å². The standard InChI is InChI=1S/C18H28N2O/c1-3-21-14-7-6-10-20(12-14)17-11-13(2)15-8-4-5-9-16(15)18(17)19/h4-5,8-9,13-14,17-18H,3,6-7,10-12,19H2,1-2H3. The molecule has 0 saturated carbocycles. The minimum atomic E-state index is 0.137. The van der Waals surface area contributed by atoms with Gasteiger partial charge in [-0.3, -0.25) is 4.90 Å². The van der Waals surface area contributed by atoms with Crippen molar-refractivity contribution in [3.05, 3.63) is 35.4 Å². The van der Waals surface area contributed by atoms with Crippen LogP contribution in [0.1, 0.15) is 56.2 Å². The minimum Gasteiger partial charge on any atom is -0.377 e. The van der Waals surface area contributed by atoms with E-state index in [0.717, 1.165) is 26.1 Å². The third-order valence-corrected chi connectivity index (χ3v) is 5.18. The molecule has 0 aromatic heterocycles. The molecule has 0 amide bonds. The Kier molecular flexibility index (Phi) is 4.63. The maximum absolute atomic E-state index is 6.62. The zero-order valence-corrected chi connectivity index (χ0v) is 13.3. The van der Waals surface area contributed by atoms with Crippen LogP contribution in [-0.4, -0.2) is 36.7 Å². The van der Waals surface area contributed by atoms with E-state index in [4.69, 9.17) is 10.5 Å². The lowest BCUT2D eigenvalue weighted by molar-refractivity contribution is -0.0144. The maximum Gasteiger partial charge on any atom is 0.0702 e. The van der Waals surface area contributed by atoms with Gasteiger partial charge in [0.1, 0.15) is 0 Å². The Bertz CT molecular complexity index is 474. The fourth-order valence-electron chi connectivity index (χ4n) is 4.12. The number of benzene rings is 1. The van der Waals surface area contributed by atoms with Gasteiger partial charge in [-0.15, -0.1) is 0 Å². The van der Waals surface area contributed by atoms with Gasteiger partial charge in [-0.05, 0) is 49.8 Å². The van der Waals surface area contributed by atoms with Gasteiger partial charge in [0.05, 0.1) is 6.10 Å². The second kappa shape index (κ2) is 6.47. The van der Waals surface area contributed by atoms with Gasteiger partial charge in [0.2, 0.25) is 0 Å². The van der Waals surface area contributed by atoms with Crippen molar-refractivity contribution in [1.29, 1.82) is 0 Å². The lowest BCUT2D eigenvalue weighted by Gasteiger charge is -2.44. The van der Waals surface area contributed by atoms with Gasteiger partial charge in [-0.1, -0.05) is 31.2 Å². The Morgan fingerprint density at radius 2 is 2.05 bits per heavy atom. The van der Waals surface area contributed by atoms with Gasteiger partial charge < -0.3 is 10.5 Å². The van der Waals surface area contributed by atoms with Crippen LogP contribution in [0.3, 0.4) is 0 Å². The molecule has 2 N–H and O–H groups in total. The van der Waals surface area contributed by atoms with Crippen molar-refractivity contribution in [2.75, 3.05) is 19.7 Å². The van der Waals surface area contributed by atoms with Crippen molar-refractivity contribution in [3.63, 3.8) is 0 Å². The number of nitrogens with two attached hydrogens (primary N) is 1. The number of fused-ring (bicyclic) bond motifs is 1. The number of ether oxygens (including phenoxy) is 1. The molecule has 4 atom stereocenters. The summed E-state index contributed by atoms with van der Waals surface area (Å²) in [7, 11) is 0. The molecule has 3 heteroatoms. The molecular formula is C18H28N2O. The highest BCUT2D eigenvalue weighted by molar-refractivity contribution is 5.36. The van der Waals surface area contributed by atoms with Crippen molar-refractivity contribution in [1.82, 2.24) is 4.90 Å². The van der Waals surface area contributed by atoms with E-state index in [0.29, 0.717) is 18.1 Å². The van der Waals surface area contributed by atoms with Crippen molar-refractivity contribution >= 4 is 0 Å². The third kappa shape index (κ3) is 3.01. The molecule has 1 fully saturated rings. The molecule has 1 heterocycles. The van der Waals surface area contributed by atoms with Crippen LogP contribution in [0.15, 0.2) is 24.3 Å². The number of hydrogen-bond donors (Lipinski definition) is 1. The van der Waals surface area contributed by atoms with E-state index in [1.807, 2.05) is 0 Å². The van der Waals surface area contributed by atoms with Crippen LogP contribution < -0.4 is 5.73 Å². The molecule has 1 aliphatic heterocycles. The summed E-state index contributed by atoms with van der Waals surface area (Å²) >= 11 is 0. The molecule has 0 spiro atoms. The van der Waals surface area contributed by atoms with Crippen molar-refractivity contribution in [2.45, 2.75) is 57.2 Å². The Labute approximate surface area is 128 Å². The number of rotatable bonds is 3. The normalized spacial score (nSPS) is 33.7. The van der Waals surface area contributed by atoms with E-state index in [-0.39, 0.29) is 6.04 Å². The molecule has 0 bridgehead atoms. The first kappa shape index (κ1) is 15.0. The third-order valence-electron chi connectivity index (χ3n) is 5.18. The van der Waals surface area contributed by atoms with Crippen LogP contribution in [0, 0.1) is 0 Å². The molecule has 2 aliphatic rings. The lowest BCUT2D eigenvalue weighted by Crippen LogP contribution is -2.51. The van der Waals surface area contributed by atoms with Gasteiger partial charge in [0.15, 0.2) is 0 Å². The fraction of sp³-hybridized carbons (Fsp3) is 0.667. The number of nitrogens with zero attached hydrogens (tertiary/aromatic N) is 1. The summed E-state index contributed by atoms with van der Waals surface area (Å²) in [4.78, 5) is 2.58. The highest BCUT2D eigenvalue weighted by Crippen LogP contribution is 2.39. The summed E-state index contributed by atoms with van der Waals surface area (Å²) in [5, 5.41) is 0. The Balaban J connectivity index is 1.77. The zero-order valence-electron chi connectivity index (χ0n) is 13.3. The fourth-order valence-corrected chi connectivity index (χ4v) is 4.12. The second-order valence-corrected chi connectivity index (χ2v) is 6.57. The van der Waals surface area contributed by atoms with Crippen LogP contribution in [0.25, 0.3) is 0 Å². The van der Waals surface area contributed by atoms with Gasteiger partial charge in [0.25, 0.3) is 0 Å². The van der Waals surface area contributed by atoms with Gasteiger partial charge in [-0.2, -0.15) is 0 Å². The predicted octanol–water partition coefficient (Wildman–Crippen LogP) is 3.06. The molecule has 0 radical (unpaired) electrons. The number of hydrogen-bond acceptors (Lipinski definition) is 3. The van der Waals surface area contributed by atoms with E-state index in [1.165, 1.54) is 24.0 Å². The van der Waals surface area contributed by atoms with Gasteiger partial charge in [-0.25, -0.2) is 0 Å². The van der Waals surface area contributed by atoms with Crippen LogP contribution in [-0.2, 0) is 4.74 Å². The number of piperidine rings is 1. The summed E-state index contributed by atoms with van der Waals surface area (Å²) in [6.07, 6.45) is 3.97. The summed E-state index contributed by atoms with van der Waals surface area (Å²) in [5.41, 5.74) is 9.41. The van der Waals surface area contributed by atoms with E-state index in [2.05, 4.69) is 43.0 Å². The number of likely N-dealkylation sites (tertiary alicyclic amines) is 1. The first-order chi connectivity index (χ1) is 10.2. The van der Waals surface area contributed by atoms with Crippen LogP contribution in [0.5, 0.6) is 0 Å². The average molecular weight is 288 g/mol. The van der Waals surface area contributed by atoms with Crippen LogP contribution >= 0.6 is 0 Å². The maximum atomic E-state index is 6.62. The molecular weight excluding hydrogens is 260 g/mol. The lowest BCUT2D eigenvalue weighted by atomic mass is 9.77. The summed E-state index contributed by atoms with van der Waals surface area (Å²) in [5.74, 6) is 0.596. The Morgan fingerprint density at radius 1 is 1.29 bits per heavy atom.